The summed E-state index contributed by atoms with van der Waals surface area (Å²) in [4.78, 5) is 39.1. The van der Waals surface area contributed by atoms with Crippen LogP contribution in [0.3, 0.4) is 0 Å². The van der Waals surface area contributed by atoms with Gasteiger partial charge in [0.2, 0.25) is 5.91 Å². The summed E-state index contributed by atoms with van der Waals surface area (Å²) in [6, 6.07) is 13.0. The van der Waals surface area contributed by atoms with Crippen LogP contribution in [0.25, 0.3) is 0 Å². The highest BCUT2D eigenvalue weighted by atomic mass is 35.5. The standard InChI is InChI=1S/C26H31ClN2O5/c1-17(28-23(31)18-6-5-7-19(15-18)24(32)34-4)14-22(30)29-13-12-26(33,25(2,3)16-29)20-8-10-21(27)11-9-20/h5-11,15,17,33H,12-14,16H2,1-4H3,(H,28,31). The normalized spacial score (nSPS) is 20.4. The van der Waals surface area contributed by atoms with Crippen molar-refractivity contribution in [1.82, 2.24) is 10.2 Å². The quantitative estimate of drug-likeness (QED) is 0.606. The molecule has 2 atom stereocenters. The number of carbonyl (C=O) groups excluding carboxylic acids is 3. The SMILES string of the molecule is COC(=O)c1cccc(C(=O)NC(C)CC(=O)N2CCC(O)(c3ccc(Cl)cc3)C(C)(C)C2)c1. The molecule has 1 fully saturated rings. The zero-order valence-electron chi connectivity index (χ0n) is 19.9. The van der Waals surface area contributed by atoms with E-state index in [4.69, 9.17) is 16.3 Å². The molecule has 0 bridgehead atoms. The number of methoxy groups -OCH3 is 1. The van der Waals surface area contributed by atoms with Crippen molar-refractivity contribution in [3.05, 3.63) is 70.2 Å². The molecule has 0 aromatic heterocycles. The number of hydrogen-bond acceptors (Lipinski definition) is 5. The van der Waals surface area contributed by atoms with Crippen molar-refractivity contribution in [3.63, 3.8) is 0 Å². The first kappa shape index (κ1) is 25.7. The Morgan fingerprint density at radius 1 is 1.15 bits per heavy atom. The highest BCUT2D eigenvalue weighted by Gasteiger charge is 2.49. The van der Waals surface area contributed by atoms with Crippen LogP contribution in [0.2, 0.25) is 5.02 Å². The number of aliphatic hydroxyl groups is 1. The minimum Gasteiger partial charge on any atom is -0.465 e. The molecule has 3 rings (SSSR count). The lowest BCUT2D eigenvalue weighted by molar-refractivity contribution is -0.153. The second-order valence-corrected chi connectivity index (χ2v) is 9.90. The van der Waals surface area contributed by atoms with Crippen LogP contribution in [0, 0.1) is 5.41 Å². The molecule has 2 unspecified atom stereocenters. The number of nitrogens with zero attached hydrogens (tertiary/aromatic N) is 1. The average Bonchev–Trinajstić information content (AvgIpc) is 2.80. The number of ether oxygens (including phenoxy) is 1. The van der Waals surface area contributed by atoms with Gasteiger partial charge in [0.25, 0.3) is 5.91 Å². The van der Waals surface area contributed by atoms with Gasteiger partial charge in [-0.25, -0.2) is 4.79 Å². The summed E-state index contributed by atoms with van der Waals surface area (Å²) in [5.74, 6) is -0.992. The van der Waals surface area contributed by atoms with Crippen molar-refractivity contribution in [3.8, 4) is 0 Å². The van der Waals surface area contributed by atoms with E-state index in [9.17, 15) is 19.5 Å². The Bertz CT molecular complexity index is 1070. The Morgan fingerprint density at radius 2 is 1.79 bits per heavy atom. The molecule has 7 nitrogen and oxygen atoms in total. The number of piperidine rings is 1. The van der Waals surface area contributed by atoms with E-state index in [1.807, 2.05) is 26.0 Å². The minimum absolute atomic E-state index is 0.0951. The number of hydrogen-bond donors (Lipinski definition) is 2. The summed E-state index contributed by atoms with van der Waals surface area (Å²) < 4.78 is 4.69. The first-order chi connectivity index (χ1) is 16.0. The maximum Gasteiger partial charge on any atom is 0.337 e. The molecule has 2 N–H and O–H groups in total. The topological polar surface area (TPSA) is 95.9 Å². The number of likely N-dealkylation sites (tertiary alicyclic amines) is 1. The Labute approximate surface area is 205 Å². The fraction of sp³-hybridized carbons (Fsp3) is 0.423. The van der Waals surface area contributed by atoms with Crippen LogP contribution >= 0.6 is 11.6 Å². The molecule has 182 valence electrons. The zero-order valence-corrected chi connectivity index (χ0v) is 20.7. The summed E-state index contributed by atoms with van der Waals surface area (Å²) in [5.41, 5.74) is -0.297. The number of benzene rings is 2. The number of nitrogens with one attached hydrogen (secondary N) is 1. The van der Waals surface area contributed by atoms with E-state index in [1.54, 1.807) is 42.2 Å². The van der Waals surface area contributed by atoms with Gasteiger partial charge in [0.05, 0.1) is 18.3 Å². The van der Waals surface area contributed by atoms with Crippen LogP contribution in [-0.2, 0) is 15.1 Å². The molecule has 2 aromatic carbocycles. The zero-order chi connectivity index (χ0) is 25.1. The van der Waals surface area contributed by atoms with Crippen LogP contribution in [0.4, 0.5) is 0 Å². The van der Waals surface area contributed by atoms with Gasteiger partial charge in [-0.3, -0.25) is 9.59 Å². The summed E-state index contributed by atoms with van der Waals surface area (Å²) >= 11 is 6.00. The first-order valence-corrected chi connectivity index (χ1v) is 11.6. The smallest absolute Gasteiger partial charge is 0.337 e. The Kier molecular flexibility index (Phi) is 7.68. The highest BCUT2D eigenvalue weighted by molar-refractivity contribution is 6.30. The van der Waals surface area contributed by atoms with E-state index >= 15 is 0 Å². The second kappa shape index (κ2) is 10.2. The molecule has 34 heavy (non-hydrogen) atoms. The number of halogens is 1. The molecule has 2 aromatic rings. The highest BCUT2D eigenvalue weighted by Crippen LogP contribution is 2.46. The van der Waals surface area contributed by atoms with Gasteiger partial charge in [-0.1, -0.05) is 43.6 Å². The molecule has 0 radical (unpaired) electrons. The van der Waals surface area contributed by atoms with Gasteiger partial charge in [0.1, 0.15) is 0 Å². The fourth-order valence-corrected chi connectivity index (χ4v) is 4.58. The van der Waals surface area contributed by atoms with Gasteiger partial charge in [-0.05, 0) is 49.2 Å². The summed E-state index contributed by atoms with van der Waals surface area (Å²) in [6.45, 7) is 6.44. The van der Waals surface area contributed by atoms with Crippen LogP contribution < -0.4 is 5.32 Å². The Morgan fingerprint density at radius 3 is 2.41 bits per heavy atom. The van der Waals surface area contributed by atoms with Crippen molar-refractivity contribution in [2.24, 2.45) is 5.41 Å². The van der Waals surface area contributed by atoms with Crippen LogP contribution in [0.15, 0.2) is 48.5 Å². The largest absolute Gasteiger partial charge is 0.465 e. The number of esters is 1. The predicted octanol–water partition coefficient (Wildman–Crippen LogP) is 3.78. The molecule has 1 saturated heterocycles. The molecule has 0 aliphatic carbocycles. The van der Waals surface area contributed by atoms with Crippen LogP contribution in [0.5, 0.6) is 0 Å². The monoisotopic (exact) mass is 486 g/mol. The third kappa shape index (κ3) is 5.42. The Balaban J connectivity index is 1.61. The molecule has 2 amide bonds. The lowest BCUT2D eigenvalue weighted by Crippen LogP contribution is -2.57. The summed E-state index contributed by atoms with van der Waals surface area (Å²) in [7, 11) is 1.28. The maximum absolute atomic E-state index is 13.0. The lowest BCUT2D eigenvalue weighted by Gasteiger charge is -2.50. The average molecular weight is 487 g/mol. The van der Waals surface area contributed by atoms with Crippen molar-refractivity contribution in [2.45, 2.75) is 45.3 Å². The van der Waals surface area contributed by atoms with E-state index in [1.165, 1.54) is 13.2 Å². The number of rotatable bonds is 6. The third-order valence-electron chi connectivity index (χ3n) is 6.53. The molecule has 1 aliphatic heterocycles. The Hall–Kier alpha value is -2.90. The first-order valence-electron chi connectivity index (χ1n) is 11.2. The molecule has 0 spiro atoms. The van der Waals surface area contributed by atoms with Crippen molar-refractivity contribution in [2.75, 3.05) is 20.2 Å². The van der Waals surface area contributed by atoms with Gasteiger partial charge in [-0.2, -0.15) is 0 Å². The predicted molar refractivity (Wildman–Crippen MR) is 130 cm³/mol. The van der Waals surface area contributed by atoms with Crippen LogP contribution in [-0.4, -0.2) is 54.0 Å². The van der Waals surface area contributed by atoms with Crippen molar-refractivity contribution < 1.29 is 24.2 Å². The van der Waals surface area contributed by atoms with Gasteiger partial charge in [0, 0.05) is 41.6 Å². The van der Waals surface area contributed by atoms with Gasteiger partial charge < -0.3 is 20.1 Å². The minimum atomic E-state index is -1.08. The number of amides is 2. The van der Waals surface area contributed by atoms with Gasteiger partial charge in [0.15, 0.2) is 0 Å². The third-order valence-corrected chi connectivity index (χ3v) is 6.78. The molecule has 1 heterocycles. The van der Waals surface area contributed by atoms with E-state index < -0.39 is 23.0 Å². The van der Waals surface area contributed by atoms with Crippen molar-refractivity contribution >= 4 is 29.4 Å². The molecular formula is C26H31ClN2O5. The molecule has 0 saturated carbocycles. The van der Waals surface area contributed by atoms with Gasteiger partial charge in [-0.15, -0.1) is 0 Å². The van der Waals surface area contributed by atoms with E-state index in [-0.39, 0.29) is 23.8 Å². The van der Waals surface area contributed by atoms with Crippen molar-refractivity contribution in [1.29, 1.82) is 0 Å². The van der Waals surface area contributed by atoms with E-state index in [2.05, 4.69) is 5.32 Å². The molecule has 1 aliphatic rings. The number of carbonyl (C=O) groups is 3. The van der Waals surface area contributed by atoms with Crippen LogP contribution in [0.1, 0.15) is 59.9 Å². The second-order valence-electron chi connectivity index (χ2n) is 9.47. The van der Waals surface area contributed by atoms with E-state index in [0.717, 1.165) is 5.56 Å². The summed E-state index contributed by atoms with van der Waals surface area (Å²) in [6.07, 6.45) is 0.520. The molecule has 8 heteroatoms. The fourth-order valence-electron chi connectivity index (χ4n) is 4.45. The van der Waals surface area contributed by atoms with Gasteiger partial charge >= 0.3 is 5.97 Å². The maximum atomic E-state index is 13.0. The lowest BCUT2D eigenvalue weighted by atomic mass is 9.66. The van der Waals surface area contributed by atoms with E-state index in [0.29, 0.717) is 30.1 Å². The molecular weight excluding hydrogens is 456 g/mol. The summed E-state index contributed by atoms with van der Waals surface area (Å²) in [5, 5.41) is 14.9.